The number of carbonyl (C=O) groups is 1. The van der Waals surface area contributed by atoms with Crippen molar-refractivity contribution in [3.05, 3.63) is 11.8 Å². The minimum Gasteiger partial charge on any atom is -0.391 e. The first-order chi connectivity index (χ1) is 6.31. The van der Waals surface area contributed by atoms with Crippen LogP contribution in [0.3, 0.4) is 0 Å². The molecule has 1 fully saturated rings. The fraction of sp³-hybridized carbons (Fsp3) is 0.727. The zero-order chi connectivity index (χ0) is 11.0. The molecule has 0 bridgehead atoms. The van der Waals surface area contributed by atoms with Gasteiger partial charge in [-0.3, -0.25) is 4.79 Å². The summed E-state index contributed by atoms with van der Waals surface area (Å²) in [5.41, 5.74) is -0.447. The predicted molar refractivity (Wildman–Crippen MR) is 56.0 cm³/mol. The summed E-state index contributed by atoms with van der Waals surface area (Å²) in [6.07, 6.45) is 1.77. The molecule has 14 heavy (non-hydrogen) atoms. The third kappa shape index (κ3) is 1.82. The molecule has 0 aliphatic carbocycles. The van der Waals surface area contributed by atoms with Gasteiger partial charge in [-0.1, -0.05) is 0 Å². The summed E-state index contributed by atoms with van der Waals surface area (Å²) in [5, 5.41) is 3.05. The Hall–Kier alpha value is -0.830. The van der Waals surface area contributed by atoms with E-state index >= 15 is 0 Å². The van der Waals surface area contributed by atoms with E-state index in [1.165, 1.54) is 0 Å². The summed E-state index contributed by atoms with van der Waals surface area (Å²) in [5.74, 6) is 0.0726. The SMILES string of the molecule is CCN/C=C1\C(=O)C(C)(C)OC1(C)C. The van der Waals surface area contributed by atoms with Crippen LogP contribution in [-0.4, -0.2) is 23.5 Å². The Labute approximate surface area is 85.5 Å². The van der Waals surface area contributed by atoms with Crippen molar-refractivity contribution < 1.29 is 9.53 Å². The van der Waals surface area contributed by atoms with Crippen molar-refractivity contribution in [1.29, 1.82) is 0 Å². The van der Waals surface area contributed by atoms with Gasteiger partial charge in [0.05, 0.1) is 5.60 Å². The molecule has 3 nitrogen and oxygen atoms in total. The molecule has 1 rings (SSSR count). The van der Waals surface area contributed by atoms with E-state index in [-0.39, 0.29) is 5.78 Å². The molecule has 0 aromatic carbocycles. The zero-order valence-electron chi connectivity index (χ0n) is 9.60. The van der Waals surface area contributed by atoms with Gasteiger partial charge in [0.25, 0.3) is 0 Å². The summed E-state index contributed by atoms with van der Waals surface area (Å²) in [6, 6.07) is 0. The molecule has 1 N–H and O–H groups in total. The van der Waals surface area contributed by atoms with E-state index < -0.39 is 11.2 Å². The number of nitrogens with one attached hydrogen (secondary N) is 1. The van der Waals surface area contributed by atoms with Crippen LogP contribution >= 0.6 is 0 Å². The lowest BCUT2D eigenvalue weighted by Gasteiger charge is -2.22. The lowest BCUT2D eigenvalue weighted by atomic mass is 9.93. The number of hydrogen-bond donors (Lipinski definition) is 1. The van der Waals surface area contributed by atoms with Gasteiger partial charge in [-0.25, -0.2) is 0 Å². The van der Waals surface area contributed by atoms with Gasteiger partial charge < -0.3 is 10.1 Å². The fourth-order valence-corrected chi connectivity index (χ4v) is 1.78. The third-order valence-electron chi connectivity index (χ3n) is 2.40. The molecule has 80 valence electrons. The molecule has 1 aliphatic rings. The smallest absolute Gasteiger partial charge is 0.194 e. The minimum atomic E-state index is -0.690. The second kappa shape index (κ2) is 3.39. The first-order valence-corrected chi connectivity index (χ1v) is 5.00. The van der Waals surface area contributed by atoms with Crippen LogP contribution in [0.2, 0.25) is 0 Å². The number of carbonyl (C=O) groups excluding carboxylic acids is 1. The number of rotatable bonds is 2. The quantitative estimate of drug-likeness (QED) is 0.684. The maximum atomic E-state index is 11.9. The van der Waals surface area contributed by atoms with Crippen LogP contribution < -0.4 is 5.32 Å². The fourth-order valence-electron chi connectivity index (χ4n) is 1.78. The molecule has 0 amide bonds. The van der Waals surface area contributed by atoms with Crippen molar-refractivity contribution in [2.75, 3.05) is 6.54 Å². The molecule has 1 saturated heterocycles. The highest BCUT2D eigenvalue weighted by molar-refractivity contribution is 6.04. The standard InChI is InChI=1S/C11H19NO2/c1-6-12-7-8-9(13)11(4,5)14-10(8,2)3/h7,12H,6H2,1-5H3/b8-7+. The Morgan fingerprint density at radius 1 is 1.29 bits per heavy atom. The van der Waals surface area contributed by atoms with Crippen LogP contribution in [0.4, 0.5) is 0 Å². The highest BCUT2D eigenvalue weighted by atomic mass is 16.5. The van der Waals surface area contributed by atoms with Gasteiger partial charge >= 0.3 is 0 Å². The summed E-state index contributed by atoms with van der Waals surface area (Å²) >= 11 is 0. The van der Waals surface area contributed by atoms with E-state index in [1.54, 1.807) is 6.20 Å². The highest BCUT2D eigenvalue weighted by Gasteiger charge is 2.49. The Bertz CT molecular complexity index is 277. The van der Waals surface area contributed by atoms with Crippen LogP contribution in [0.1, 0.15) is 34.6 Å². The maximum Gasteiger partial charge on any atom is 0.194 e. The molecular weight excluding hydrogens is 178 g/mol. The monoisotopic (exact) mass is 197 g/mol. The molecule has 3 heteroatoms. The van der Waals surface area contributed by atoms with E-state index in [2.05, 4.69) is 5.32 Å². The molecule has 0 saturated carbocycles. The van der Waals surface area contributed by atoms with Gasteiger partial charge in [0.1, 0.15) is 5.60 Å². The molecule has 1 aliphatic heterocycles. The lowest BCUT2D eigenvalue weighted by molar-refractivity contribution is -0.132. The van der Waals surface area contributed by atoms with E-state index in [1.807, 2.05) is 34.6 Å². The maximum absolute atomic E-state index is 11.9. The van der Waals surface area contributed by atoms with Crippen molar-refractivity contribution in [3.63, 3.8) is 0 Å². The molecular formula is C11H19NO2. The van der Waals surface area contributed by atoms with E-state index in [0.29, 0.717) is 0 Å². The summed E-state index contributed by atoms with van der Waals surface area (Å²) < 4.78 is 5.70. The van der Waals surface area contributed by atoms with Crippen LogP contribution in [0.15, 0.2) is 11.8 Å². The first kappa shape index (κ1) is 11.2. The van der Waals surface area contributed by atoms with Crippen LogP contribution in [0.5, 0.6) is 0 Å². The van der Waals surface area contributed by atoms with Crippen molar-refractivity contribution >= 4 is 5.78 Å². The molecule has 0 radical (unpaired) electrons. The summed E-state index contributed by atoms with van der Waals surface area (Å²) in [4.78, 5) is 11.9. The highest BCUT2D eigenvalue weighted by Crippen LogP contribution is 2.38. The van der Waals surface area contributed by atoms with Crippen LogP contribution in [0.25, 0.3) is 0 Å². The number of Topliss-reactive ketones (excluding diaryl/α,β-unsaturated/α-hetero) is 1. The third-order valence-corrected chi connectivity index (χ3v) is 2.40. The van der Waals surface area contributed by atoms with Gasteiger partial charge in [-0.2, -0.15) is 0 Å². The second-order valence-corrected chi connectivity index (χ2v) is 4.57. The number of ketones is 1. The number of ether oxygens (including phenoxy) is 1. The van der Waals surface area contributed by atoms with Crippen LogP contribution in [-0.2, 0) is 9.53 Å². The van der Waals surface area contributed by atoms with Crippen molar-refractivity contribution in [2.45, 2.75) is 45.8 Å². The summed E-state index contributed by atoms with van der Waals surface area (Å²) in [7, 11) is 0. The van der Waals surface area contributed by atoms with Crippen molar-refractivity contribution in [3.8, 4) is 0 Å². The molecule has 0 unspecified atom stereocenters. The van der Waals surface area contributed by atoms with Gasteiger partial charge in [-0.05, 0) is 34.6 Å². The lowest BCUT2D eigenvalue weighted by Crippen LogP contribution is -2.29. The average Bonchev–Trinajstić information content (AvgIpc) is 2.16. The number of hydrogen-bond acceptors (Lipinski definition) is 3. The van der Waals surface area contributed by atoms with Gasteiger partial charge in [-0.15, -0.1) is 0 Å². The molecule has 1 heterocycles. The molecule has 0 atom stereocenters. The van der Waals surface area contributed by atoms with E-state index in [9.17, 15) is 4.79 Å². The molecule has 0 aromatic rings. The van der Waals surface area contributed by atoms with Gasteiger partial charge in [0.15, 0.2) is 5.78 Å². The Morgan fingerprint density at radius 3 is 2.21 bits per heavy atom. The predicted octanol–water partition coefficient (Wildman–Crippen LogP) is 1.64. The Balaban J connectivity index is 3.00. The van der Waals surface area contributed by atoms with E-state index in [0.717, 1.165) is 12.1 Å². The molecule has 0 aromatic heterocycles. The van der Waals surface area contributed by atoms with Gasteiger partial charge in [0.2, 0.25) is 0 Å². The topological polar surface area (TPSA) is 38.3 Å². The first-order valence-electron chi connectivity index (χ1n) is 5.00. The Kier molecular flexibility index (Phi) is 2.72. The molecule has 0 spiro atoms. The normalized spacial score (nSPS) is 26.9. The van der Waals surface area contributed by atoms with Crippen LogP contribution in [0, 0.1) is 0 Å². The second-order valence-electron chi connectivity index (χ2n) is 4.57. The van der Waals surface area contributed by atoms with E-state index in [4.69, 9.17) is 4.74 Å². The van der Waals surface area contributed by atoms with Gasteiger partial charge in [0, 0.05) is 18.3 Å². The minimum absolute atomic E-state index is 0.0726. The zero-order valence-corrected chi connectivity index (χ0v) is 9.60. The van der Waals surface area contributed by atoms with Crippen molar-refractivity contribution in [1.82, 2.24) is 5.32 Å². The Morgan fingerprint density at radius 2 is 1.86 bits per heavy atom. The largest absolute Gasteiger partial charge is 0.391 e. The summed E-state index contributed by atoms with van der Waals surface area (Å²) in [6.45, 7) is 10.3. The average molecular weight is 197 g/mol. The van der Waals surface area contributed by atoms with Crippen molar-refractivity contribution in [2.24, 2.45) is 0 Å².